The van der Waals surface area contributed by atoms with E-state index in [1.807, 2.05) is 12.1 Å². The lowest BCUT2D eigenvalue weighted by Crippen LogP contribution is -2.01. The number of halogens is 1. The number of rotatable bonds is 6. The van der Waals surface area contributed by atoms with Gasteiger partial charge in [-0.3, -0.25) is 0 Å². The zero-order valence-corrected chi connectivity index (χ0v) is 14.5. The molecule has 0 atom stereocenters. The quantitative estimate of drug-likeness (QED) is 0.748. The Balaban J connectivity index is 2.03. The van der Waals surface area contributed by atoms with Crippen LogP contribution in [0.3, 0.4) is 0 Å². The van der Waals surface area contributed by atoms with Gasteiger partial charge in [-0.1, -0.05) is 35.0 Å². The molecular formula is C18H22BrNO. The molecule has 3 heteroatoms. The fraction of sp³-hybridized carbons (Fsp3) is 0.333. The monoisotopic (exact) mass is 347 g/mol. The Morgan fingerprint density at radius 2 is 1.81 bits per heavy atom. The first kappa shape index (κ1) is 15.9. The highest BCUT2D eigenvalue weighted by atomic mass is 79.9. The number of hydrogen-bond acceptors (Lipinski definition) is 2. The molecule has 0 aliphatic rings. The van der Waals surface area contributed by atoms with E-state index in [1.54, 1.807) is 0 Å². The van der Waals surface area contributed by atoms with E-state index in [2.05, 4.69) is 66.3 Å². The Morgan fingerprint density at radius 1 is 1.10 bits per heavy atom. The summed E-state index contributed by atoms with van der Waals surface area (Å²) in [7, 11) is 0. The Labute approximate surface area is 135 Å². The third-order valence-electron chi connectivity index (χ3n) is 3.30. The van der Waals surface area contributed by atoms with Crippen molar-refractivity contribution in [2.75, 3.05) is 11.9 Å². The van der Waals surface area contributed by atoms with Gasteiger partial charge in [0.1, 0.15) is 5.75 Å². The van der Waals surface area contributed by atoms with Crippen LogP contribution in [0.15, 0.2) is 40.9 Å². The van der Waals surface area contributed by atoms with Crippen LogP contribution in [0.25, 0.3) is 0 Å². The van der Waals surface area contributed by atoms with Gasteiger partial charge in [0.05, 0.1) is 6.61 Å². The number of anilines is 1. The van der Waals surface area contributed by atoms with Crippen molar-refractivity contribution in [3.05, 3.63) is 57.6 Å². The van der Waals surface area contributed by atoms with Crippen LogP contribution in [-0.4, -0.2) is 6.61 Å². The Morgan fingerprint density at radius 3 is 2.48 bits per heavy atom. The predicted octanol–water partition coefficient (Wildman–Crippen LogP) is 5.47. The summed E-state index contributed by atoms with van der Waals surface area (Å²) in [6, 6.07) is 12.6. The number of aryl methyl sites for hydroxylation is 2. The smallest absolute Gasteiger partial charge is 0.119 e. The molecule has 112 valence electrons. The molecule has 0 bridgehead atoms. The Hall–Kier alpha value is -1.48. The lowest BCUT2D eigenvalue weighted by molar-refractivity contribution is 0.317. The molecule has 0 fully saturated rings. The molecule has 0 amide bonds. The van der Waals surface area contributed by atoms with Crippen LogP contribution in [0.2, 0.25) is 0 Å². The van der Waals surface area contributed by atoms with Crippen LogP contribution < -0.4 is 10.1 Å². The topological polar surface area (TPSA) is 21.3 Å². The third kappa shape index (κ3) is 4.50. The van der Waals surface area contributed by atoms with Crippen molar-refractivity contribution in [3.63, 3.8) is 0 Å². The molecule has 0 aromatic heterocycles. The fourth-order valence-electron chi connectivity index (χ4n) is 2.22. The minimum Gasteiger partial charge on any atom is -0.494 e. The second kappa shape index (κ2) is 7.51. The minimum atomic E-state index is 0.766. The van der Waals surface area contributed by atoms with E-state index in [1.165, 1.54) is 21.2 Å². The summed E-state index contributed by atoms with van der Waals surface area (Å²) in [5.74, 6) is 0.944. The van der Waals surface area contributed by atoms with Crippen LogP contribution in [0.1, 0.15) is 30.0 Å². The first-order chi connectivity index (χ1) is 10.1. The van der Waals surface area contributed by atoms with Crippen molar-refractivity contribution in [2.45, 2.75) is 33.7 Å². The van der Waals surface area contributed by atoms with Crippen LogP contribution in [0.5, 0.6) is 5.75 Å². The highest BCUT2D eigenvalue weighted by Crippen LogP contribution is 2.25. The minimum absolute atomic E-state index is 0.766. The first-order valence-corrected chi connectivity index (χ1v) is 8.12. The van der Waals surface area contributed by atoms with E-state index in [4.69, 9.17) is 4.74 Å². The molecule has 2 aromatic carbocycles. The van der Waals surface area contributed by atoms with E-state index >= 15 is 0 Å². The lowest BCUT2D eigenvalue weighted by atomic mass is 10.1. The predicted molar refractivity (Wildman–Crippen MR) is 93.2 cm³/mol. The summed E-state index contributed by atoms with van der Waals surface area (Å²) in [4.78, 5) is 0. The largest absolute Gasteiger partial charge is 0.494 e. The normalized spacial score (nSPS) is 10.5. The van der Waals surface area contributed by atoms with Gasteiger partial charge >= 0.3 is 0 Å². The van der Waals surface area contributed by atoms with Gasteiger partial charge in [0.25, 0.3) is 0 Å². The Kier molecular flexibility index (Phi) is 5.68. The highest BCUT2D eigenvalue weighted by Gasteiger charge is 2.03. The summed E-state index contributed by atoms with van der Waals surface area (Å²) in [5.41, 5.74) is 4.87. The van der Waals surface area contributed by atoms with Gasteiger partial charge in [-0.2, -0.15) is 0 Å². The van der Waals surface area contributed by atoms with Crippen LogP contribution in [0, 0.1) is 13.8 Å². The van der Waals surface area contributed by atoms with Crippen LogP contribution >= 0.6 is 15.9 Å². The summed E-state index contributed by atoms with van der Waals surface area (Å²) in [5, 5.41) is 3.48. The number of nitrogens with one attached hydrogen (secondary N) is 1. The molecule has 2 nitrogen and oxygen atoms in total. The van der Waals surface area contributed by atoms with Crippen LogP contribution in [0.4, 0.5) is 5.69 Å². The number of ether oxygens (including phenoxy) is 1. The van der Waals surface area contributed by atoms with Crippen molar-refractivity contribution < 1.29 is 4.74 Å². The molecule has 0 saturated carbocycles. The van der Waals surface area contributed by atoms with Gasteiger partial charge in [0, 0.05) is 16.7 Å². The average Bonchev–Trinajstić information content (AvgIpc) is 2.49. The average molecular weight is 348 g/mol. The molecule has 0 aliphatic heterocycles. The van der Waals surface area contributed by atoms with E-state index in [-0.39, 0.29) is 0 Å². The summed E-state index contributed by atoms with van der Waals surface area (Å²) < 4.78 is 6.85. The van der Waals surface area contributed by atoms with Gasteiger partial charge in [-0.05, 0) is 61.2 Å². The maximum Gasteiger partial charge on any atom is 0.119 e. The molecule has 21 heavy (non-hydrogen) atoms. The maximum atomic E-state index is 5.67. The van der Waals surface area contributed by atoms with Crippen molar-refractivity contribution in [2.24, 2.45) is 0 Å². The molecule has 0 radical (unpaired) electrons. The van der Waals surface area contributed by atoms with Gasteiger partial charge in [0.15, 0.2) is 0 Å². The maximum absolute atomic E-state index is 5.67. The van der Waals surface area contributed by atoms with Crippen molar-refractivity contribution >= 4 is 21.6 Å². The fourth-order valence-corrected chi connectivity index (χ4v) is 2.45. The summed E-state index contributed by atoms with van der Waals surface area (Å²) in [6.07, 6.45) is 1.03. The molecule has 0 heterocycles. The zero-order chi connectivity index (χ0) is 15.2. The van der Waals surface area contributed by atoms with Gasteiger partial charge in [-0.25, -0.2) is 0 Å². The molecule has 1 N–H and O–H groups in total. The van der Waals surface area contributed by atoms with E-state index in [0.29, 0.717) is 0 Å². The third-order valence-corrected chi connectivity index (χ3v) is 4.56. The number of hydrogen-bond donors (Lipinski definition) is 1. The van der Waals surface area contributed by atoms with Crippen molar-refractivity contribution in [1.82, 2.24) is 0 Å². The summed E-state index contributed by atoms with van der Waals surface area (Å²) in [6.45, 7) is 7.90. The highest BCUT2D eigenvalue weighted by molar-refractivity contribution is 9.10. The van der Waals surface area contributed by atoms with Crippen LogP contribution in [-0.2, 0) is 6.54 Å². The molecule has 0 spiro atoms. The van der Waals surface area contributed by atoms with Crippen molar-refractivity contribution in [3.8, 4) is 5.75 Å². The van der Waals surface area contributed by atoms with E-state index in [9.17, 15) is 0 Å². The second-order valence-corrected chi connectivity index (χ2v) is 6.07. The van der Waals surface area contributed by atoms with Crippen molar-refractivity contribution in [1.29, 1.82) is 0 Å². The van der Waals surface area contributed by atoms with E-state index in [0.717, 1.165) is 31.0 Å². The first-order valence-electron chi connectivity index (χ1n) is 7.32. The number of benzene rings is 2. The SMILES string of the molecule is CCCOc1cccc(CNc2cc(C)c(Br)c(C)c2)c1. The molecule has 0 saturated heterocycles. The van der Waals surface area contributed by atoms with E-state index < -0.39 is 0 Å². The van der Waals surface area contributed by atoms with Gasteiger partial charge in [-0.15, -0.1) is 0 Å². The zero-order valence-electron chi connectivity index (χ0n) is 12.9. The molecule has 2 aromatic rings. The lowest BCUT2D eigenvalue weighted by Gasteiger charge is -2.12. The summed E-state index contributed by atoms with van der Waals surface area (Å²) >= 11 is 3.60. The molecular weight excluding hydrogens is 326 g/mol. The Bertz CT molecular complexity index is 587. The standard InChI is InChI=1S/C18H22BrNO/c1-4-8-21-17-7-5-6-15(11-17)12-20-16-9-13(2)18(19)14(3)10-16/h5-7,9-11,20H,4,8,12H2,1-3H3. The molecule has 0 unspecified atom stereocenters. The van der Waals surface area contributed by atoms with Gasteiger partial charge in [0.2, 0.25) is 0 Å². The van der Waals surface area contributed by atoms with Gasteiger partial charge < -0.3 is 10.1 Å². The second-order valence-electron chi connectivity index (χ2n) is 5.27. The molecule has 0 aliphatic carbocycles. The molecule has 2 rings (SSSR count).